The molecular formula is C35H28F3N7S. The quantitative estimate of drug-likeness (QED) is 0.129. The lowest BCUT2D eigenvalue weighted by Gasteiger charge is -2.14. The molecule has 5 aromatic carbocycles. The van der Waals surface area contributed by atoms with Crippen molar-refractivity contribution in [2.24, 2.45) is 20.5 Å². The number of halogens is 3. The van der Waals surface area contributed by atoms with Gasteiger partial charge in [0.25, 0.3) is 0 Å². The SMILES string of the molecule is FC(F)(F)c1ccc(NNc2ccc(N=Nc3ccc(N=Nc4ccc(N5CCCC5)s4)c4ccccc34)c3ccccc23)cc1. The summed E-state index contributed by atoms with van der Waals surface area (Å²) < 4.78 is 38.8. The van der Waals surface area contributed by atoms with Crippen LogP contribution in [-0.2, 0) is 6.18 Å². The maximum absolute atomic E-state index is 12.9. The van der Waals surface area contributed by atoms with Gasteiger partial charge in [-0.3, -0.25) is 0 Å². The van der Waals surface area contributed by atoms with Crippen molar-refractivity contribution in [1.82, 2.24) is 0 Å². The molecule has 1 aromatic heterocycles. The van der Waals surface area contributed by atoms with Gasteiger partial charge in [0.15, 0.2) is 0 Å². The molecule has 1 aliphatic heterocycles. The molecule has 230 valence electrons. The third-order valence-corrected chi connectivity index (χ3v) is 8.88. The Kier molecular flexibility index (Phi) is 8.06. The first-order chi connectivity index (χ1) is 22.4. The van der Waals surface area contributed by atoms with Crippen molar-refractivity contribution in [3.63, 3.8) is 0 Å². The number of benzene rings is 5. The Morgan fingerprint density at radius 2 is 1.11 bits per heavy atom. The van der Waals surface area contributed by atoms with Crippen LogP contribution < -0.4 is 15.8 Å². The molecule has 0 aliphatic carbocycles. The van der Waals surface area contributed by atoms with Crippen LogP contribution in [0.15, 0.2) is 130 Å². The van der Waals surface area contributed by atoms with E-state index in [1.54, 1.807) is 11.3 Å². The van der Waals surface area contributed by atoms with Gasteiger partial charge in [-0.2, -0.15) is 13.2 Å². The molecule has 1 saturated heterocycles. The van der Waals surface area contributed by atoms with Crippen molar-refractivity contribution < 1.29 is 13.2 Å². The largest absolute Gasteiger partial charge is 0.416 e. The summed E-state index contributed by atoms with van der Waals surface area (Å²) in [6.07, 6.45) is -1.92. The summed E-state index contributed by atoms with van der Waals surface area (Å²) >= 11 is 1.65. The van der Waals surface area contributed by atoms with Gasteiger partial charge in [-0.15, -0.1) is 20.5 Å². The second-order valence-electron chi connectivity index (χ2n) is 10.9. The zero-order valence-electron chi connectivity index (χ0n) is 24.5. The molecule has 0 saturated carbocycles. The lowest BCUT2D eigenvalue weighted by Crippen LogP contribution is -2.15. The molecule has 46 heavy (non-hydrogen) atoms. The molecule has 0 unspecified atom stereocenters. The van der Waals surface area contributed by atoms with Crippen LogP contribution in [0.5, 0.6) is 0 Å². The molecule has 0 bridgehead atoms. The Hall–Kier alpha value is -5.29. The first-order valence-electron chi connectivity index (χ1n) is 14.8. The average Bonchev–Trinajstić information content (AvgIpc) is 3.79. The van der Waals surface area contributed by atoms with Crippen molar-refractivity contribution in [3.8, 4) is 0 Å². The fourth-order valence-corrected chi connectivity index (χ4v) is 6.37. The van der Waals surface area contributed by atoms with E-state index >= 15 is 0 Å². The van der Waals surface area contributed by atoms with Crippen LogP contribution in [0.2, 0.25) is 0 Å². The number of alkyl halides is 3. The standard InChI is InChI=1S/C35H28F3N7S/c36-35(37,38)23-11-13-24(14-12-23)39-40-29-15-16-30(26-8-2-1-7-25(26)29)41-42-31-17-18-32(28-10-4-3-9-27(28)31)43-44-33-19-20-34(46-33)45-21-5-6-22-45/h1-4,7-20,39-40H,5-6,21-22H2. The molecule has 6 aromatic rings. The highest BCUT2D eigenvalue weighted by Crippen LogP contribution is 2.39. The van der Waals surface area contributed by atoms with Crippen LogP contribution >= 0.6 is 11.3 Å². The number of nitrogens with zero attached hydrogens (tertiary/aromatic N) is 5. The van der Waals surface area contributed by atoms with Gasteiger partial charge < -0.3 is 15.8 Å². The molecule has 7 rings (SSSR count). The van der Waals surface area contributed by atoms with Gasteiger partial charge >= 0.3 is 6.18 Å². The minimum Gasteiger partial charge on any atom is -0.363 e. The molecule has 1 aliphatic rings. The van der Waals surface area contributed by atoms with Gasteiger partial charge in [-0.05, 0) is 73.5 Å². The van der Waals surface area contributed by atoms with Gasteiger partial charge in [-0.25, -0.2) is 0 Å². The Balaban J connectivity index is 1.12. The second-order valence-corrected chi connectivity index (χ2v) is 11.9. The lowest BCUT2D eigenvalue weighted by molar-refractivity contribution is -0.137. The summed E-state index contributed by atoms with van der Waals surface area (Å²) in [6.45, 7) is 2.19. The number of anilines is 3. The van der Waals surface area contributed by atoms with Crippen molar-refractivity contribution in [2.45, 2.75) is 19.0 Å². The van der Waals surface area contributed by atoms with Gasteiger partial charge in [0.2, 0.25) is 0 Å². The van der Waals surface area contributed by atoms with E-state index in [-0.39, 0.29) is 0 Å². The topological polar surface area (TPSA) is 76.7 Å². The van der Waals surface area contributed by atoms with E-state index in [0.717, 1.165) is 63.1 Å². The molecular weight excluding hydrogens is 607 g/mol. The fraction of sp³-hybridized carbons (Fsp3) is 0.143. The molecule has 7 nitrogen and oxygen atoms in total. The predicted molar refractivity (Wildman–Crippen MR) is 181 cm³/mol. The van der Waals surface area contributed by atoms with Crippen LogP contribution in [0.3, 0.4) is 0 Å². The summed E-state index contributed by atoms with van der Waals surface area (Å²) in [5.74, 6) is 0. The Morgan fingerprint density at radius 1 is 0.565 bits per heavy atom. The molecule has 0 atom stereocenters. The average molecular weight is 636 g/mol. The predicted octanol–water partition coefficient (Wildman–Crippen LogP) is 11.9. The normalized spacial score (nSPS) is 13.8. The smallest absolute Gasteiger partial charge is 0.363 e. The first kappa shape index (κ1) is 29.4. The van der Waals surface area contributed by atoms with E-state index < -0.39 is 11.7 Å². The van der Waals surface area contributed by atoms with E-state index in [0.29, 0.717) is 17.1 Å². The first-order valence-corrected chi connectivity index (χ1v) is 15.7. The highest BCUT2D eigenvalue weighted by molar-refractivity contribution is 7.19. The molecule has 11 heteroatoms. The highest BCUT2D eigenvalue weighted by Gasteiger charge is 2.30. The second kappa shape index (κ2) is 12.6. The highest BCUT2D eigenvalue weighted by atomic mass is 32.1. The number of thiophene rings is 1. The van der Waals surface area contributed by atoms with Gasteiger partial charge in [-0.1, -0.05) is 59.9 Å². The van der Waals surface area contributed by atoms with Gasteiger partial charge in [0, 0.05) is 34.6 Å². The molecule has 0 spiro atoms. The number of hydrazine groups is 1. The zero-order valence-corrected chi connectivity index (χ0v) is 25.3. The minimum atomic E-state index is -4.38. The van der Waals surface area contributed by atoms with Crippen LogP contribution in [0.25, 0.3) is 21.5 Å². The minimum absolute atomic E-state index is 0.498. The third-order valence-electron chi connectivity index (χ3n) is 7.85. The summed E-state index contributed by atoms with van der Waals surface area (Å²) in [5.41, 5.74) is 8.77. The van der Waals surface area contributed by atoms with Gasteiger partial charge in [0.05, 0.1) is 39.0 Å². The number of azo groups is 2. The summed E-state index contributed by atoms with van der Waals surface area (Å²) in [7, 11) is 0. The van der Waals surface area contributed by atoms with Gasteiger partial charge in [0.1, 0.15) is 5.00 Å². The zero-order chi connectivity index (χ0) is 31.5. The Morgan fingerprint density at radius 3 is 1.72 bits per heavy atom. The van der Waals surface area contributed by atoms with Crippen molar-refractivity contribution >= 4 is 71.3 Å². The van der Waals surface area contributed by atoms with E-state index in [1.807, 2.05) is 78.9 Å². The monoisotopic (exact) mass is 635 g/mol. The molecule has 0 amide bonds. The van der Waals surface area contributed by atoms with E-state index in [1.165, 1.54) is 30.0 Å². The maximum atomic E-state index is 12.9. The molecule has 1 fully saturated rings. The summed E-state index contributed by atoms with van der Waals surface area (Å²) in [6, 6.07) is 32.2. The Bertz CT molecular complexity index is 2060. The summed E-state index contributed by atoms with van der Waals surface area (Å²) in [4.78, 5) is 2.40. The van der Waals surface area contributed by atoms with Crippen molar-refractivity contribution in [3.05, 3.63) is 115 Å². The van der Waals surface area contributed by atoms with E-state index in [2.05, 4.69) is 42.3 Å². The van der Waals surface area contributed by atoms with Crippen LogP contribution in [-0.4, -0.2) is 13.1 Å². The fourth-order valence-electron chi connectivity index (χ4n) is 5.49. The van der Waals surface area contributed by atoms with Crippen molar-refractivity contribution in [2.75, 3.05) is 28.8 Å². The molecule has 2 N–H and O–H groups in total. The van der Waals surface area contributed by atoms with E-state index in [4.69, 9.17) is 0 Å². The lowest BCUT2D eigenvalue weighted by atomic mass is 10.1. The number of nitrogens with one attached hydrogen (secondary N) is 2. The number of fused-ring (bicyclic) bond motifs is 2. The Labute approximate surface area is 267 Å². The molecule has 0 radical (unpaired) electrons. The van der Waals surface area contributed by atoms with Crippen LogP contribution in [0.4, 0.5) is 51.6 Å². The van der Waals surface area contributed by atoms with Crippen LogP contribution in [0.1, 0.15) is 18.4 Å². The van der Waals surface area contributed by atoms with Crippen LogP contribution in [0, 0.1) is 0 Å². The van der Waals surface area contributed by atoms with Crippen molar-refractivity contribution in [1.29, 1.82) is 0 Å². The summed E-state index contributed by atoms with van der Waals surface area (Å²) in [5, 5.41) is 24.1. The maximum Gasteiger partial charge on any atom is 0.416 e. The third kappa shape index (κ3) is 6.27. The molecule has 2 heterocycles. The number of hydrogen-bond acceptors (Lipinski definition) is 8. The van der Waals surface area contributed by atoms with E-state index in [9.17, 15) is 13.2 Å². The number of rotatable bonds is 8. The number of hydrogen-bond donors (Lipinski definition) is 2.